The van der Waals surface area contributed by atoms with Crippen molar-refractivity contribution >= 4 is 5.78 Å². The molecule has 0 aliphatic heterocycles. The molecule has 0 fully saturated rings. The topological polar surface area (TPSA) is 52.0 Å². The molecule has 0 amide bonds. The Balaban J connectivity index is 2.23. The Morgan fingerprint density at radius 1 is 1.29 bits per heavy atom. The third-order valence-electron chi connectivity index (χ3n) is 2.42. The zero-order chi connectivity index (χ0) is 12.3. The molecule has 0 atom stereocenters. The molecular formula is C13H12N2O2. The van der Waals surface area contributed by atoms with E-state index in [-0.39, 0.29) is 17.9 Å². The molecule has 0 spiro atoms. The molecule has 2 aromatic rings. The normalized spacial score (nSPS) is 10.2. The number of Topliss-reactive ketones (excluding diaryl/α,β-unsaturated/α-hetero) is 1. The summed E-state index contributed by atoms with van der Waals surface area (Å²) >= 11 is 0. The van der Waals surface area contributed by atoms with Crippen molar-refractivity contribution in [2.45, 2.75) is 13.5 Å². The summed E-state index contributed by atoms with van der Waals surface area (Å²) in [5, 5.41) is 3.85. The van der Waals surface area contributed by atoms with Gasteiger partial charge in [-0.3, -0.25) is 9.59 Å². The molecule has 0 radical (unpaired) electrons. The highest BCUT2D eigenvalue weighted by molar-refractivity contribution is 5.95. The maximum absolute atomic E-state index is 11.9. The monoisotopic (exact) mass is 228 g/mol. The first kappa shape index (κ1) is 11.3. The third kappa shape index (κ3) is 2.66. The third-order valence-corrected chi connectivity index (χ3v) is 2.42. The lowest BCUT2D eigenvalue weighted by Crippen LogP contribution is -2.25. The van der Waals surface area contributed by atoms with Crippen LogP contribution in [0.25, 0.3) is 0 Å². The average molecular weight is 228 g/mol. The highest BCUT2D eigenvalue weighted by Crippen LogP contribution is 2.05. The van der Waals surface area contributed by atoms with Crippen molar-refractivity contribution in [3.63, 3.8) is 0 Å². The van der Waals surface area contributed by atoms with E-state index in [1.165, 1.54) is 12.3 Å². The van der Waals surface area contributed by atoms with Crippen LogP contribution < -0.4 is 5.56 Å². The number of aromatic nitrogens is 2. The molecule has 4 nitrogen and oxygen atoms in total. The van der Waals surface area contributed by atoms with Crippen LogP contribution in [0.1, 0.15) is 15.9 Å². The van der Waals surface area contributed by atoms with Crippen LogP contribution >= 0.6 is 0 Å². The van der Waals surface area contributed by atoms with E-state index in [1.807, 2.05) is 19.1 Å². The van der Waals surface area contributed by atoms with Gasteiger partial charge in [0.05, 0.1) is 0 Å². The second-order valence-corrected chi connectivity index (χ2v) is 3.81. The highest BCUT2D eigenvalue weighted by Gasteiger charge is 2.07. The Bertz CT molecular complexity index is 602. The number of ketones is 1. The summed E-state index contributed by atoms with van der Waals surface area (Å²) in [5.74, 6) is -0.116. The first-order valence-electron chi connectivity index (χ1n) is 5.29. The predicted molar refractivity (Wildman–Crippen MR) is 64.0 cm³/mol. The van der Waals surface area contributed by atoms with Gasteiger partial charge in [-0.05, 0) is 19.1 Å². The van der Waals surface area contributed by atoms with Crippen LogP contribution in [0.15, 0.2) is 47.4 Å². The molecule has 0 saturated carbocycles. The first-order valence-corrected chi connectivity index (χ1v) is 5.29. The van der Waals surface area contributed by atoms with E-state index in [1.54, 1.807) is 18.2 Å². The summed E-state index contributed by atoms with van der Waals surface area (Å²) in [7, 11) is 0. The van der Waals surface area contributed by atoms with E-state index in [2.05, 4.69) is 5.10 Å². The van der Waals surface area contributed by atoms with Gasteiger partial charge in [0.15, 0.2) is 5.78 Å². The van der Waals surface area contributed by atoms with Gasteiger partial charge in [-0.1, -0.05) is 23.8 Å². The zero-order valence-electron chi connectivity index (χ0n) is 9.46. The quantitative estimate of drug-likeness (QED) is 0.747. The summed E-state index contributed by atoms with van der Waals surface area (Å²) in [4.78, 5) is 23.3. The fraction of sp³-hybridized carbons (Fsp3) is 0.154. The second kappa shape index (κ2) is 4.74. The van der Waals surface area contributed by atoms with Gasteiger partial charge in [-0.15, -0.1) is 0 Å². The van der Waals surface area contributed by atoms with Gasteiger partial charge in [0.25, 0.3) is 5.56 Å². The van der Waals surface area contributed by atoms with Crippen molar-refractivity contribution in [1.29, 1.82) is 0 Å². The van der Waals surface area contributed by atoms with Crippen molar-refractivity contribution in [2.75, 3.05) is 0 Å². The summed E-state index contributed by atoms with van der Waals surface area (Å²) < 4.78 is 1.16. The minimum atomic E-state index is -0.270. The van der Waals surface area contributed by atoms with Gasteiger partial charge in [-0.2, -0.15) is 5.10 Å². The standard InChI is InChI=1S/C13H12N2O2/c1-10-4-2-5-11(8-10)12(16)9-15-13(17)6-3-7-14-15/h2-8H,9H2,1H3. The molecule has 0 N–H and O–H groups in total. The first-order chi connectivity index (χ1) is 8.16. The Morgan fingerprint density at radius 2 is 2.12 bits per heavy atom. The zero-order valence-corrected chi connectivity index (χ0v) is 9.46. The van der Waals surface area contributed by atoms with Crippen LogP contribution in [0.2, 0.25) is 0 Å². The maximum Gasteiger partial charge on any atom is 0.267 e. The summed E-state index contributed by atoms with van der Waals surface area (Å²) in [5.41, 5.74) is 1.35. The fourth-order valence-corrected chi connectivity index (χ4v) is 1.55. The van der Waals surface area contributed by atoms with Gasteiger partial charge >= 0.3 is 0 Å². The molecule has 1 aromatic heterocycles. The molecule has 86 valence electrons. The van der Waals surface area contributed by atoms with Crippen molar-refractivity contribution in [3.8, 4) is 0 Å². The van der Waals surface area contributed by atoms with Gasteiger partial charge in [0.2, 0.25) is 0 Å². The van der Waals surface area contributed by atoms with E-state index >= 15 is 0 Å². The molecule has 4 heteroatoms. The summed E-state index contributed by atoms with van der Waals surface area (Å²) in [6.45, 7) is 1.90. The van der Waals surface area contributed by atoms with Gasteiger partial charge in [0.1, 0.15) is 6.54 Å². The van der Waals surface area contributed by atoms with Crippen LogP contribution in [-0.4, -0.2) is 15.6 Å². The minimum absolute atomic E-state index is 0.0247. The lowest BCUT2D eigenvalue weighted by molar-refractivity contribution is 0.0965. The van der Waals surface area contributed by atoms with Crippen LogP contribution in [0, 0.1) is 6.92 Å². The SMILES string of the molecule is Cc1cccc(C(=O)Cn2ncccc2=O)c1. The average Bonchev–Trinajstić information content (AvgIpc) is 2.32. The predicted octanol–water partition coefficient (Wildman–Crippen LogP) is 1.43. The van der Waals surface area contributed by atoms with E-state index in [9.17, 15) is 9.59 Å². The molecular weight excluding hydrogens is 216 g/mol. The smallest absolute Gasteiger partial charge is 0.267 e. The van der Waals surface area contributed by atoms with Gasteiger partial charge in [0, 0.05) is 17.8 Å². The number of aryl methyl sites for hydroxylation is 1. The van der Waals surface area contributed by atoms with Crippen LogP contribution in [0.5, 0.6) is 0 Å². The van der Waals surface area contributed by atoms with Crippen molar-refractivity contribution in [3.05, 3.63) is 64.1 Å². The van der Waals surface area contributed by atoms with Crippen molar-refractivity contribution < 1.29 is 4.79 Å². The van der Waals surface area contributed by atoms with Crippen LogP contribution in [0.3, 0.4) is 0 Å². The number of nitrogens with zero attached hydrogens (tertiary/aromatic N) is 2. The van der Waals surface area contributed by atoms with E-state index < -0.39 is 0 Å². The van der Waals surface area contributed by atoms with Crippen molar-refractivity contribution in [2.24, 2.45) is 0 Å². The lowest BCUT2D eigenvalue weighted by atomic mass is 10.1. The Kier molecular flexibility index (Phi) is 3.14. The Labute approximate surface area is 98.5 Å². The minimum Gasteiger partial charge on any atom is -0.292 e. The van der Waals surface area contributed by atoms with Gasteiger partial charge in [-0.25, -0.2) is 4.68 Å². The fourth-order valence-electron chi connectivity index (χ4n) is 1.55. The van der Waals surface area contributed by atoms with Gasteiger partial charge < -0.3 is 0 Å². The largest absolute Gasteiger partial charge is 0.292 e. The molecule has 0 aliphatic rings. The van der Waals surface area contributed by atoms with E-state index in [0.717, 1.165) is 10.2 Å². The van der Waals surface area contributed by atoms with Crippen LogP contribution in [0.4, 0.5) is 0 Å². The maximum atomic E-state index is 11.9. The van der Waals surface area contributed by atoms with Crippen LogP contribution in [-0.2, 0) is 6.54 Å². The molecule has 0 unspecified atom stereocenters. The Morgan fingerprint density at radius 3 is 2.82 bits per heavy atom. The van der Waals surface area contributed by atoms with E-state index in [4.69, 9.17) is 0 Å². The summed E-state index contributed by atoms with van der Waals surface area (Å²) in [6, 6.07) is 10.2. The number of carbonyl (C=O) groups is 1. The molecule has 0 aliphatic carbocycles. The van der Waals surface area contributed by atoms with Crippen molar-refractivity contribution in [1.82, 2.24) is 9.78 Å². The van der Waals surface area contributed by atoms with E-state index in [0.29, 0.717) is 5.56 Å². The number of carbonyl (C=O) groups excluding carboxylic acids is 1. The number of rotatable bonds is 3. The molecule has 17 heavy (non-hydrogen) atoms. The molecule has 1 aromatic carbocycles. The summed E-state index contributed by atoms with van der Waals surface area (Å²) in [6.07, 6.45) is 1.49. The Hall–Kier alpha value is -2.23. The highest BCUT2D eigenvalue weighted by atomic mass is 16.1. The lowest BCUT2D eigenvalue weighted by Gasteiger charge is -2.03. The number of benzene rings is 1. The molecule has 0 bridgehead atoms. The second-order valence-electron chi connectivity index (χ2n) is 3.81. The molecule has 0 saturated heterocycles. The number of hydrogen-bond acceptors (Lipinski definition) is 3. The number of hydrogen-bond donors (Lipinski definition) is 0. The molecule has 2 rings (SSSR count). The molecule has 1 heterocycles.